The van der Waals surface area contributed by atoms with E-state index in [4.69, 9.17) is 19.3 Å². The summed E-state index contributed by atoms with van der Waals surface area (Å²) in [5.41, 5.74) is 0.774. The number of carbonyl (C=O) groups is 1. The van der Waals surface area contributed by atoms with Crippen molar-refractivity contribution in [3.05, 3.63) is 23.8 Å². The second kappa shape index (κ2) is 6.99. The van der Waals surface area contributed by atoms with E-state index >= 15 is 0 Å². The number of hydrogen-bond donors (Lipinski definition) is 1. The largest absolute Gasteiger partial charge is 0.497 e. The summed E-state index contributed by atoms with van der Waals surface area (Å²) in [6, 6.07) is 5.28. The van der Waals surface area contributed by atoms with Crippen molar-refractivity contribution in [3.8, 4) is 11.5 Å². The third-order valence-corrected chi connectivity index (χ3v) is 2.61. The molecule has 0 saturated heterocycles. The van der Waals surface area contributed by atoms with Gasteiger partial charge < -0.3 is 19.3 Å². The molecule has 5 heteroatoms. The number of carboxylic acid groups (broad SMARTS) is 1. The average molecular weight is 268 g/mol. The van der Waals surface area contributed by atoms with Gasteiger partial charge in [-0.25, -0.2) is 4.79 Å². The Hall–Kier alpha value is -1.75. The quantitative estimate of drug-likeness (QED) is 0.820. The SMILES string of the molecule is COc1ccc(C[C@H](OC(C)C)C(=O)O)c(OC)c1. The van der Waals surface area contributed by atoms with E-state index in [-0.39, 0.29) is 12.5 Å². The van der Waals surface area contributed by atoms with Gasteiger partial charge in [0.1, 0.15) is 11.5 Å². The Kier molecular flexibility index (Phi) is 5.63. The Labute approximate surface area is 113 Å². The molecule has 0 spiro atoms. The summed E-state index contributed by atoms with van der Waals surface area (Å²) in [5, 5.41) is 9.16. The Balaban J connectivity index is 2.92. The van der Waals surface area contributed by atoms with Gasteiger partial charge in [0.2, 0.25) is 0 Å². The number of ether oxygens (including phenoxy) is 3. The van der Waals surface area contributed by atoms with Crippen LogP contribution in [-0.2, 0) is 16.0 Å². The van der Waals surface area contributed by atoms with E-state index in [0.717, 1.165) is 5.56 Å². The molecule has 0 aliphatic rings. The molecule has 0 unspecified atom stereocenters. The average Bonchev–Trinajstić information content (AvgIpc) is 2.37. The van der Waals surface area contributed by atoms with Gasteiger partial charge >= 0.3 is 5.97 Å². The predicted octanol–water partition coefficient (Wildman–Crippen LogP) is 2.12. The summed E-state index contributed by atoms with van der Waals surface area (Å²) in [4.78, 5) is 11.2. The van der Waals surface area contributed by atoms with Crippen LogP contribution in [0.1, 0.15) is 19.4 Å². The molecule has 106 valence electrons. The predicted molar refractivity (Wildman–Crippen MR) is 70.9 cm³/mol. The fourth-order valence-corrected chi connectivity index (χ4v) is 1.74. The minimum Gasteiger partial charge on any atom is -0.497 e. The van der Waals surface area contributed by atoms with Crippen LogP contribution >= 0.6 is 0 Å². The standard InChI is InChI=1S/C14H20O5/c1-9(2)19-13(14(15)16)7-10-5-6-11(17-3)8-12(10)18-4/h5-6,8-9,13H,7H2,1-4H3,(H,15,16)/t13-/m0/s1. The van der Waals surface area contributed by atoms with Crippen molar-refractivity contribution in [2.45, 2.75) is 32.5 Å². The molecular formula is C14H20O5. The number of hydrogen-bond acceptors (Lipinski definition) is 4. The molecule has 1 aromatic carbocycles. The first-order valence-corrected chi connectivity index (χ1v) is 6.07. The van der Waals surface area contributed by atoms with E-state index in [1.54, 1.807) is 39.2 Å². The highest BCUT2D eigenvalue weighted by molar-refractivity contribution is 5.73. The lowest BCUT2D eigenvalue weighted by Gasteiger charge is -2.18. The smallest absolute Gasteiger partial charge is 0.333 e. The van der Waals surface area contributed by atoms with Crippen molar-refractivity contribution in [1.82, 2.24) is 0 Å². The fraction of sp³-hybridized carbons (Fsp3) is 0.500. The highest BCUT2D eigenvalue weighted by Gasteiger charge is 2.22. The molecule has 1 N–H and O–H groups in total. The number of benzene rings is 1. The summed E-state index contributed by atoms with van der Waals surface area (Å²) in [6.07, 6.45) is -0.784. The van der Waals surface area contributed by atoms with Crippen molar-refractivity contribution in [2.75, 3.05) is 14.2 Å². The van der Waals surface area contributed by atoms with Gasteiger partial charge in [-0.15, -0.1) is 0 Å². The van der Waals surface area contributed by atoms with Gasteiger partial charge in [-0.1, -0.05) is 6.07 Å². The second-order valence-electron chi connectivity index (χ2n) is 4.39. The van der Waals surface area contributed by atoms with E-state index in [1.807, 2.05) is 0 Å². The molecule has 0 heterocycles. The zero-order valence-corrected chi connectivity index (χ0v) is 11.7. The molecule has 0 aromatic heterocycles. The van der Waals surface area contributed by atoms with Gasteiger partial charge in [-0.05, 0) is 25.5 Å². The highest BCUT2D eigenvalue weighted by atomic mass is 16.5. The van der Waals surface area contributed by atoms with E-state index in [9.17, 15) is 4.79 Å². The van der Waals surface area contributed by atoms with Gasteiger partial charge in [0.15, 0.2) is 6.10 Å². The Morgan fingerprint density at radius 2 is 1.95 bits per heavy atom. The molecule has 0 amide bonds. The zero-order valence-electron chi connectivity index (χ0n) is 11.7. The van der Waals surface area contributed by atoms with Crippen molar-refractivity contribution < 1.29 is 24.1 Å². The zero-order chi connectivity index (χ0) is 14.4. The van der Waals surface area contributed by atoms with Crippen LogP contribution in [0, 0.1) is 0 Å². The van der Waals surface area contributed by atoms with Crippen molar-refractivity contribution in [2.24, 2.45) is 0 Å². The molecule has 0 bridgehead atoms. The highest BCUT2D eigenvalue weighted by Crippen LogP contribution is 2.26. The summed E-state index contributed by atoms with van der Waals surface area (Å²) in [5.74, 6) is 0.279. The topological polar surface area (TPSA) is 65.0 Å². The first-order valence-electron chi connectivity index (χ1n) is 6.07. The van der Waals surface area contributed by atoms with E-state index < -0.39 is 12.1 Å². The fourth-order valence-electron chi connectivity index (χ4n) is 1.74. The van der Waals surface area contributed by atoms with Gasteiger partial charge in [0.05, 0.1) is 20.3 Å². The van der Waals surface area contributed by atoms with Gasteiger partial charge in [0, 0.05) is 12.5 Å². The normalized spacial score (nSPS) is 12.3. The monoisotopic (exact) mass is 268 g/mol. The van der Waals surface area contributed by atoms with Gasteiger partial charge in [-0.2, -0.15) is 0 Å². The van der Waals surface area contributed by atoms with Crippen molar-refractivity contribution in [1.29, 1.82) is 0 Å². The lowest BCUT2D eigenvalue weighted by Crippen LogP contribution is -2.29. The third-order valence-electron chi connectivity index (χ3n) is 2.61. The minimum absolute atomic E-state index is 0.148. The van der Waals surface area contributed by atoms with E-state index in [2.05, 4.69) is 0 Å². The molecule has 5 nitrogen and oxygen atoms in total. The Morgan fingerprint density at radius 3 is 2.42 bits per heavy atom. The van der Waals surface area contributed by atoms with Crippen molar-refractivity contribution in [3.63, 3.8) is 0 Å². The first-order chi connectivity index (χ1) is 8.97. The molecule has 19 heavy (non-hydrogen) atoms. The number of carboxylic acids is 1. The Bertz CT molecular complexity index is 428. The Morgan fingerprint density at radius 1 is 1.26 bits per heavy atom. The van der Waals surface area contributed by atoms with Gasteiger partial charge in [0.25, 0.3) is 0 Å². The molecule has 0 saturated carbocycles. The molecule has 0 radical (unpaired) electrons. The van der Waals surface area contributed by atoms with Crippen LogP contribution in [0.5, 0.6) is 11.5 Å². The minimum atomic E-state index is -0.980. The molecule has 0 fully saturated rings. The van der Waals surface area contributed by atoms with Crippen molar-refractivity contribution >= 4 is 5.97 Å². The molecule has 1 atom stereocenters. The van der Waals surface area contributed by atoms with Crippen LogP contribution in [0.2, 0.25) is 0 Å². The number of methoxy groups -OCH3 is 2. The maximum Gasteiger partial charge on any atom is 0.333 e. The number of rotatable bonds is 7. The molecule has 0 aliphatic heterocycles. The first kappa shape index (κ1) is 15.3. The van der Waals surface area contributed by atoms with Crippen LogP contribution < -0.4 is 9.47 Å². The molecular weight excluding hydrogens is 248 g/mol. The van der Waals surface area contributed by atoms with Crippen LogP contribution in [-0.4, -0.2) is 37.5 Å². The number of aliphatic carboxylic acids is 1. The summed E-state index contributed by atoms with van der Waals surface area (Å²) >= 11 is 0. The molecule has 0 aliphatic carbocycles. The van der Waals surface area contributed by atoms with Crippen LogP contribution in [0.15, 0.2) is 18.2 Å². The third kappa shape index (κ3) is 4.44. The lowest BCUT2D eigenvalue weighted by molar-refractivity contribution is -0.153. The van der Waals surface area contributed by atoms with Crippen LogP contribution in [0.25, 0.3) is 0 Å². The second-order valence-corrected chi connectivity index (χ2v) is 4.39. The maximum absolute atomic E-state index is 11.2. The van der Waals surface area contributed by atoms with Crippen LogP contribution in [0.4, 0.5) is 0 Å². The summed E-state index contributed by atoms with van der Waals surface area (Å²) in [7, 11) is 3.10. The lowest BCUT2D eigenvalue weighted by atomic mass is 10.1. The maximum atomic E-state index is 11.2. The molecule has 1 rings (SSSR count). The summed E-state index contributed by atoms with van der Waals surface area (Å²) in [6.45, 7) is 3.61. The van der Waals surface area contributed by atoms with E-state index in [1.165, 1.54) is 7.11 Å². The van der Waals surface area contributed by atoms with E-state index in [0.29, 0.717) is 11.5 Å². The summed E-state index contributed by atoms with van der Waals surface area (Å²) < 4.78 is 15.7. The van der Waals surface area contributed by atoms with Gasteiger partial charge in [-0.3, -0.25) is 0 Å². The molecule has 1 aromatic rings. The van der Waals surface area contributed by atoms with Crippen LogP contribution in [0.3, 0.4) is 0 Å².